The maximum absolute atomic E-state index is 13.0. The van der Waals surface area contributed by atoms with Gasteiger partial charge >= 0.3 is 0 Å². The van der Waals surface area contributed by atoms with Gasteiger partial charge in [-0.05, 0) is 56.3 Å². The van der Waals surface area contributed by atoms with E-state index in [1.807, 2.05) is 29.2 Å². The Morgan fingerprint density at radius 3 is 2.42 bits per heavy atom. The van der Waals surface area contributed by atoms with E-state index in [0.29, 0.717) is 11.6 Å². The summed E-state index contributed by atoms with van der Waals surface area (Å²) >= 11 is 5.96. The first-order valence-electron chi connectivity index (χ1n) is 8.53. The van der Waals surface area contributed by atoms with Crippen molar-refractivity contribution in [1.29, 1.82) is 0 Å². The SMILES string of the molecule is Cl.NCCCOC1CCN(C(=O)C2(c3ccc(Cl)cc3)CC2)CC1. The molecule has 6 heteroatoms. The Hall–Kier alpha value is -0.810. The Morgan fingerprint density at radius 2 is 1.88 bits per heavy atom. The van der Waals surface area contributed by atoms with Crippen LogP contribution in [0.25, 0.3) is 0 Å². The Morgan fingerprint density at radius 1 is 1.25 bits per heavy atom. The summed E-state index contributed by atoms with van der Waals surface area (Å²) < 4.78 is 5.82. The molecule has 1 aliphatic carbocycles. The molecule has 0 atom stereocenters. The zero-order valence-corrected chi connectivity index (χ0v) is 15.5. The molecule has 1 saturated heterocycles. The third-order valence-corrected chi connectivity index (χ3v) is 5.24. The van der Waals surface area contributed by atoms with Crippen molar-refractivity contribution < 1.29 is 9.53 Å². The molecule has 134 valence electrons. The Bertz CT molecular complexity index is 538. The van der Waals surface area contributed by atoms with E-state index in [1.54, 1.807) is 0 Å². The molecule has 0 radical (unpaired) electrons. The van der Waals surface area contributed by atoms with Crippen molar-refractivity contribution >= 4 is 29.9 Å². The summed E-state index contributed by atoms with van der Waals surface area (Å²) in [7, 11) is 0. The molecule has 0 unspecified atom stereocenters. The Kier molecular flexibility index (Phi) is 6.93. The van der Waals surface area contributed by atoms with Crippen molar-refractivity contribution in [3.63, 3.8) is 0 Å². The van der Waals surface area contributed by atoms with Crippen molar-refractivity contribution in [3.05, 3.63) is 34.9 Å². The average Bonchev–Trinajstić information content (AvgIpc) is 3.38. The lowest BCUT2D eigenvalue weighted by molar-refractivity contribution is -0.136. The quantitative estimate of drug-likeness (QED) is 0.780. The molecule has 0 bridgehead atoms. The number of ether oxygens (including phenoxy) is 1. The third kappa shape index (κ3) is 4.23. The highest BCUT2D eigenvalue weighted by Gasteiger charge is 2.53. The number of rotatable bonds is 6. The maximum Gasteiger partial charge on any atom is 0.233 e. The van der Waals surface area contributed by atoms with Gasteiger partial charge in [0.05, 0.1) is 11.5 Å². The van der Waals surface area contributed by atoms with Crippen molar-refractivity contribution in [2.24, 2.45) is 5.73 Å². The average molecular weight is 373 g/mol. The highest BCUT2D eigenvalue weighted by Crippen LogP contribution is 2.50. The minimum Gasteiger partial charge on any atom is -0.378 e. The van der Waals surface area contributed by atoms with Gasteiger partial charge in [0.1, 0.15) is 0 Å². The third-order valence-electron chi connectivity index (χ3n) is 4.99. The molecule has 1 aromatic rings. The number of carbonyl (C=O) groups is 1. The number of nitrogens with two attached hydrogens (primary N) is 1. The summed E-state index contributed by atoms with van der Waals surface area (Å²) in [4.78, 5) is 15.0. The molecule has 4 nitrogen and oxygen atoms in total. The van der Waals surface area contributed by atoms with E-state index < -0.39 is 0 Å². The number of hydrogen-bond acceptors (Lipinski definition) is 3. The summed E-state index contributed by atoms with van der Waals surface area (Å²) in [5.74, 6) is 0.278. The van der Waals surface area contributed by atoms with Crippen LogP contribution in [0.3, 0.4) is 0 Å². The van der Waals surface area contributed by atoms with Crippen LogP contribution in [0.1, 0.15) is 37.7 Å². The molecular weight excluding hydrogens is 347 g/mol. The van der Waals surface area contributed by atoms with Gasteiger partial charge in [-0.15, -0.1) is 12.4 Å². The molecule has 24 heavy (non-hydrogen) atoms. The number of amides is 1. The van der Waals surface area contributed by atoms with E-state index in [-0.39, 0.29) is 29.8 Å². The van der Waals surface area contributed by atoms with Gasteiger partial charge in [-0.2, -0.15) is 0 Å². The van der Waals surface area contributed by atoms with E-state index in [9.17, 15) is 4.79 Å². The predicted molar refractivity (Wildman–Crippen MR) is 98.8 cm³/mol. The second kappa shape index (κ2) is 8.52. The van der Waals surface area contributed by atoms with Crippen molar-refractivity contribution in [1.82, 2.24) is 4.90 Å². The largest absolute Gasteiger partial charge is 0.378 e. The van der Waals surface area contributed by atoms with Gasteiger partial charge in [-0.25, -0.2) is 0 Å². The lowest BCUT2D eigenvalue weighted by atomic mass is 9.93. The number of benzene rings is 1. The van der Waals surface area contributed by atoms with E-state index in [4.69, 9.17) is 22.1 Å². The van der Waals surface area contributed by atoms with Gasteiger partial charge in [0, 0.05) is 24.7 Å². The molecule has 1 aliphatic heterocycles. The van der Waals surface area contributed by atoms with Crippen molar-refractivity contribution in [3.8, 4) is 0 Å². The number of carbonyl (C=O) groups excluding carboxylic acids is 1. The van der Waals surface area contributed by atoms with Crippen LogP contribution in [0.4, 0.5) is 0 Å². The minimum absolute atomic E-state index is 0. The Labute approximate surface area is 155 Å². The zero-order chi connectivity index (χ0) is 16.3. The van der Waals surface area contributed by atoms with Crippen molar-refractivity contribution in [2.45, 2.75) is 43.6 Å². The minimum atomic E-state index is -0.294. The maximum atomic E-state index is 13.0. The van der Waals surface area contributed by atoms with E-state index in [0.717, 1.165) is 57.4 Å². The Balaban J connectivity index is 0.00000208. The second-order valence-corrected chi connectivity index (χ2v) is 7.03. The molecule has 0 spiro atoms. The fourth-order valence-electron chi connectivity index (χ4n) is 3.38. The first kappa shape index (κ1) is 19.5. The first-order chi connectivity index (χ1) is 11.2. The van der Waals surface area contributed by atoms with Gasteiger partial charge in [-0.3, -0.25) is 4.79 Å². The molecule has 2 N–H and O–H groups in total. The lowest BCUT2D eigenvalue weighted by Crippen LogP contribution is -2.45. The zero-order valence-electron chi connectivity index (χ0n) is 13.9. The van der Waals surface area contributed by atoms with Crippen LogP contribution in [0.15, 0.2) is 24.3 Å². The van der Waals surface area contributed by atoms with Gasteiger partial charge in [0.15, 0.2) is 0 Å². The number of hydrogen-bond donors (Lipinski definition) is 1. The molecule has 1 heterocycles. The standard InChI is InChI=1S/C18H25ClN2O2.ClH/c19-15-4-2-14(3-5-15)18(8-9-18)17(22)21-11-6-16(7-12-21)23-13-1-10-20;/h2-5,16H,1,6-13,20H2;1H. The summed E-state index contributed by atoms with van der Waals surface area (Å²) in [6, 6.07) is 7.75. The first-order valence-corrected chi connectivity index (χ1v) is 8.90. The van der Waals surface area contributed by atoms with Crippen LogP contribution in [-0.4, -0.2) is 43.2 Å². The highest BCUT2D eigenvalue weighted by molar-refractivity contribution is 6.30. The van der Waals surface area contributed by atoms with Crippen LogP contribution in [0, 0.1) is 0 Å². The van der Waals surface area contributed by atoms with E-state index in [1.165, 1.54) is 0 Å². The number of piperidine rings is 1. The fraction of sp³-hybridized carbons (Fsp3) is 0.611. The number of nitrogens with zero attached hydrogens (tertiary/aromatic N) is 1. The summed E-state index contributed by atoms with van der Waals surface area (Å²) in [5.41, 5.74) is 6.30. The van der Waals surface area contributed by atoms with E-state index in [2.05, 4.69) is 0 Å². The normalized spacial score (nSPS) is 19.7. The summed E-state index contributed by atoms with van der Waals surface area (Å²) in [6.45, 7) is 2.98. The molecule has 1 saturated carbocycles. The highest BCUT2D eigenvalue weighted by atomic mass is 35.5. The van der Waals surface area contributed by atoms with Gasteiger partial charge in [-0.1, -0.05) is 23.7 Å². The molecule has 3 rings (SSSR count). The monoisotopic (exact) mass is 372 g/mol. The number of likely N-dealkylation sites (tertiary alicyclic amines) is 1. The van der Waals surface area contributed by atoms with Crippen LogP contribution in [-0.2, 0) is 14.9 Å². The molecule has 1 amide bonds. The predicted octanol–water partition coefficient (Wildman–Crippen LogP) is 3.15. The molecule has 2 aliphatic rings. The second-order valence-electron chi connectivity index (χ2n) is 6.59. The van der Waals surface area contributed by atoms with Crippen LogP contribution >= 0.6 is 24.0 Å². The summed E-state index contributed by atoms with van der Waals surface area (Å²) in [6.07, 6.45) is 4.91. The van der Waals surface area contributed by atoms with Crippen molar-refractivity contribution in [2.75, 3.05) is 26.2 Å². The topological polar surface area (TPSA) is 55.6 Å². The molecule has 2 fully saturated rings. The van der Waals surface area contributed by atoms with Gasteiger partial charge in [0.25, 0.3) is 0 Å². The van der Waals surface area contributed by atoms with Crippen LogP contribution < -0.4 is 5.73 Å². The fourth-order valence-corrected chi connectivity index (χ4v) is 3.51. The molecule has 0 aromatic heterocycles. The number of halogens is 2. The summed E-state index contributed by atoms with van der Waals surface area (Å²) in [5, 5.41) is 0.715. The molecule has 1 aromatic carbocycles. The lowest BCUT2D eigenvalue weighted by Gasteiger charge is -2.34. The van der Waals surface area contributed by atoms with Gasteiger partial charge in [0.2, 0.25) is 5.91 Å². The smallest absolute Gasteiger partial charge is 0.233 e. The molecular formula is C18H26Cl2N2O2. The van der Waals surface area contributed by atoms with Gasteiger partial charge < -0.3 is 15.4 Å². The van der Waals surface area contributed by atoms with Crippen LogP contribution in [0.2, 0.25) is 5.02 Å². The van der Waals surface area contributed by atoms with Crippen LogP contribution in [0.5, 0.6) is 0 Å². The van der Waals surface area contributed by atoms with E-state index >= 15 is 0 Å².